The Balaban J connectivity index is 2.10. The van der Waals surface area contributed by atoms with Gasteiger partial charge in [0.15, 0.2) is 12.4 Å². The molecule has 2 aromatic heterocycles. The van der Waals surface area contributed by atoms with E-state index in [0.717, 1.165) is 0 Å². The lowest BCUT2D eigenvalue weighted by atomic mass is 10.1. The molecule has 0 saturated heterocycles. The van der Waals surface area contributed by atoms with E-state index in [-0.39, 0.29) is 17.2 Å². The second-order valence-corrected chi connectivity index (χ2v) is 5.48. The molecule has 0 unspecified atom stereocenters. The molecule has 6 nitrogen and oxygen atoms in total. The van der Waals surface area contributed by atoms with Crippen LogP contribution in [0.25, 0.3) is 0 Å². The number of esters is 1. The van der Waals surface area contributed by atoms with Crippen molar-refractivity contribution in [3.05, 3.63) is 51.6 Å². The van der Waals surface area contributed by atoms with E-state index in [4.69, 9.17) is 16.3 Å². The number of hydrogen-bond donors (Lipinski definition) is 1. The summed E-state index contributed by atoms with van der Waals surface area (Å²) in [5, 5.41) is 0.347. The van der Waals surface area contributed by atoms with Crippen LogP contribution in [-0.2, 0) is 4.74 Å². The number of H-pyrrole nitrogens is 1. The van der Waals surface area contributed by atoms with Crippen molar-refractivity contribution in [2.24, 2.45) is 0 Å². The number of nitrogens with zero attached hydrogens (tertiary/aromatic N) is 1. The summed E-state index contributed by atoms with van der Waals surface area (Å²) in [6, 6.07) is 2.88. The van der Waals surface area contributed by atoms with Crippen molar-refractivity contribution in [3.63, 3.8) is 0 Å². The Labute approximate surface area is 137 Å². The first-order valence-corrected chi connectivity index (χ1v) is 7.21. The average Bonchev–Trinajstić information content (AvgIpc) is 2.79. The molecule has 0 aliphatic carbocycles. The third-order valence-electron chi connectivity index (χ3n) is 3.33. The van der Waals surface area contributed by atoms with Crippen LogP contribution >= 0.6 is 11.6 Å². The van der Waals surface area contributed by atoms with Gasteiger partial charge >= 0.3 is 5.97 Å². The van der Waals surface area contributed by atoms with Crippen LogP contribution in [0.1, 0.15) is 49.5 Å². The van der Waals surface area contributed by atoms with E-state index in [9.17, 15) is 14.4 Å². The predicted octanol–water partition coefficient (Wildman–Crippen LogP) is 2.92. The van der Waals surface area contributed by atoms with Crippen LogP contribution in [0.5, 0.6) is 0 Å². The molecule has 23 heavy (non-hydrogen) atoms. The fourth-order valence-electron chi connectivity index (χ4n) is 2.35. The lowest BCUT2D eigenvalue weighted by Crippen LogP contribution is -2.16. The fraction of sp³-hybridized carbons (Fsp3) is 0.250. The van der Waals surface area contributed by atoms with Crippen LogP contribution in [-0.4, -0.2) is 34.1 Å². The maximum absolute atomic E-state index is 12.2. The highest BCUT2D eigenvalue weighted by atomic mass is 35.5. The lowest BCUT2D eigenvalue weighted by Gasteiger charge is -2.04. The molecule has 1 N–H and O–H groups in total. The zero-order valence-corrected chi connectivity index (χ0v) is 13.7. The normalized spacial score (nSPS) is 10.4. The van der Waals surface area contributed by atoms with Crippen LogP contribution < -0.4 is 0 Å². The number of pyridine rings is 1. The van der Waals surface area contributed by atoms with Gasteiger partial charge in [0, 0.05) is 22.5 Å². The lowest BCUT2D eigenvalue weighted by molar-refractivity contribution is 0.0467. The summed E-state index contributed by atoms with van der Waals surface area (Å²) in [4.78, 5) is 42.3. The first-order valence-electron chi connectivity index (χ1n) is 6.83. The Hall–Kier alpha value is -2.47. The van der Waals surface area contributed by atoms with Gasteiger partial charge in [0.1, 0.15) is 5.69 Å². The number of nitrogens with one attached hydrogen (secondary N) is 1. The summed E-state index contributed by atoms with van der Waals surface area (Å²) in [6.45, 7) is 4.36. The standard InChI is InChI=1S/C16H15ClN2O4/c1-8-14(10(3)20)9(2)19-15(8)13(21)7-23-16(22)12-6-11(17)4-5-18-12/h4-6,19H,7H2,1-3H3. The van der Waals surface area contributed by atoms with E-state index >= 15 is 0 Å². The monoisotopic (exact) mass is 334 g/mol. The number of halogens is 1. The number of ketones is 2. The van der Waals surface area contributed by atoms with Crippen LogP contribution in [0, 0.1) is 13.8 Å². The Morgan fingerprint density at radius 1 is 1.30 bits per heavy atom. The fourth-order valence-corrected chi connectivity index (χ4v) is 2.51. The molecule has 0 aromatic carbocycles. The highest BCUT2D eigenvalue weighted by Crippen LogP contribution is 2.19. The topological polar surface area (TPSA) is 89.1 Å². The van der Waals surface area contributed by atoms with Gasteiger partial charge in [0.25, 0.3) is 0 Å². The first kappa shape index (κ1) is 16.9. The molecular weight excluding hydrogens is 320 g/mol. The average molecular weight is 335 g/mol. The Kier molecular flexibility index (Phi) is 4.95. The molecule has 0 bridgehead atoms. The van der Waals surface area contributed by atoms with E-state index < -0.39 is 18.4 Å². The smallest absolute Gasteiger partial charge is 0.357 e. The second kappa shape index (κ2) is 6.75. The number of aromatic nitrogens is 2. The molecular formula is C16H15ClN2O4. The van der Waals surface area contributed by atoms with Gasteiger partial charge in [-0.1, -0.05) is 11.6 Å². The third kappa shape index (κ3) is 3.65. The van der Waals surface area contributed by atoms with Crippen LogP contribution in [0.4, 0.5) is 0 Å². The maximum Gasteiger partial charge on any atom is 0.357 e. The summed E-state index contributed by atoms with van der Waals surface area (Å²) in [7, 11) is 0. The summed E-state index contributed by atoms with van der Waals surface area (Å²) in [5.41, 5.74) is 1.93. The van der Waals surface area contributed by atoms with Crippen molar-refractivity contribution in [1.29, 1.82) is 0 Å². The van der Waals surface area contributed by atoms with Crippen molar-refractivity contribution < 1.29 is 19.1 Å². The van der Waals surface area contributed by atoms with E-state index in [1.54, 1.807) is 13.8 Å². The molecule has 0 atom stereocenters. The van der Waals surface area contributed by atoms with Gasteiger partial charge in [-0.3, -0.25) is 9.59 Å². The molecule has 120 valence electrons. The van der Waals surface area contributed by atoms with Crippen LogP contribution in [0.2, 0.25) is 5.02 Å². The van der Waals surface area contributed by atoms with Crippen molar-refractivity contribution >= 4 is 29.1 Å². The first-order chi connectivity index (χ1) is 10.8. The Morgan fingerprint density at radius 2 is 2.00 bits per heavy atom. The zero-order chi connectivity index (χ0) is 17.1. The SMILES string of the molecule is CC(=O)c1c(C)[nH]c(C(=O)COC(=O)c2cc(Cl)ccn2)c1C. The van der Waals surface area contributed by atoms with E-state index in [1.807, 2.05) is 0 Å². The molecule has 0 fully saturated rings. The Morgan fingerprint density at radius 3 is 2.57 bits per heavy atom. The number of carbonyl (C=O) groups is 3. The number of aromatic amines is 1. The van der Waals surface area contributed by atoms with Gasteiger partial charge in [-0.15, -0.1) is 0 Å². The molecule has 0 saturated carbocycles. The molecule has 2 rings (SSSR count). The highest BCUT2D eigenvalue weighted by molar-refractivity contribution is 6.30. The molecule has 0 aliphatic rings. The summed E-state index contributed by atoms with van der Waals surface area (Å²) in [6.07, 6.45) is 1.37. The van der Waals surface area contributed by atoms with Crippen molar-refractivity contribution in [3.8, 4) is 0 Å². The molecule has 2 aromatic rings. The number of rotatable bonds is 5. The van der Waals surface area contributed by atoms with Gasteiger partial charge in [0.05, 0.1) is 5.69 Å². The van der Waals surface area contributed by atoms with Gasteiger partial charge in [-0.2, -0.15) is 0 Å². The summed E-state index contributed by atoms with van der Waals surface area (Å²) >= 11 is 5.77. The van der Waals surface area contributed by atoms with Gasteiger partial charge in [-0.25, -0.2) is 9.78 Å². The maximum atomic E-state index is 12.2. The minimum absolute atomic E-state index is 0.0223. The molecule has 2 heterocycles. The zero-order valence-electron chi connectivity index (χ0n) is 12.9. The van der Waals surface area contributed by atoms with Gasteiger partial charge < -0.3 is 9.72 Å². The van der Waals surface area contributed by atoms with Crippen molar-refractivity contribution in [1.82, 2.24) is 9.97 Å². The largest absolute Gasteiger partial charge is 0.452 e. The number of Topliss-reactive ketones (excluding diaryl/α,β-unsaturated/α-hetero) is 2. The summed E-state index contributed by atoms with van der Waals surface area (Å²) < 4.78 is 4.95. The molecule has 0 radical (unpaired) electrons. The van der Waals surface area contributed by atoms with Crippen molar-refractivity contribution in [2.45, 2.75) is 20.8 Å². The number of hydrogen-bond acceptors (Lipinski definition) is 5. The minimum atomic E-state index is -0.742. The molecule has 0 amide bonds. The number of ether oxygens (including phenoxy) is 1. The molecule has 7 heteroatoms. The second-order valence-electron chi connectivity index (χ2n) is 5.04. The minimum Gasteiger partial charge on any atom is -0.452 e. The van der Waals surface area contributed by atoms with Gasteiger partial charge in [0.2, 0.25) is 5.78 Å². The van der Waals surface area contributed by atoms with Crippen LogP contribution in [0.15, 0.2) is 18.3 Å². The Bertz CT molecular complexity index is 795. The molecule has 0 aliphatic heterocycles. The predicted molar refractivity (Wildman–Crippen MR) is 84.1 cm³/mol. The molecule has 0 spiro atoms. The van der Waals surface area contributed by atoms with Gasteiger partial charge in [-0.05, 0) is 38.5 Å². The highest BCUT2D eigenvalue weighted by Gasteiger charge is 2.21. The van der Waals surface area contributed by atoms with Crippen LogP contribution in [0.3, 0.4) is 0 Å². The summed E-state index contributed by atoms with van der Waals surface area (Å²) in [5.74, 6) is -1.29. The third-order valence-corrected chi connectivity index (χ3v) is 3.57. The quantitative estimate of drug-likeness (QED) is 0.670. The van der Waals surface area contributed by atoms with E-state index in [0.29, 0.717) is 21.8 Å². The van der Waals surface area contributed by atoms with E-state index in [2.05, 4.69) is 9.97 Å². The van der Waals surface area contributed by atoms with Crippen molar-refractivity contribution in [2.75, 3.05) is 6.61 Å². The van der Waals surface area contributed by atoms with E-state index in [1.165, 1.54) is 25.3 Å². The number of carbonyl (C=O) groups excluding carboxylic acids is 3. The number of aryl methyl sites for hydroxylation is 1.